The fraction of sp³-hybridized carbons (Fsp3) is 0.462. The van der Waals surface area contributed by atoms with Crippen molar-refractivity contribution in [1.29, 1.82) is 0 Å². The van der Waals surface area contributed by atoms with Crippen molar-refractivity contribution in [2.45, 2.75) is 19.4 Å². The van der Waals surface area contributed by atoms with E-state index in [1.807, 2.05) is 6.92 Å². The maximum Gasteiger partial charge on any atom is 0.326 e. The first-order chi connectivity index (χ1) is 8.54. The van der Waals surface area contributed by atoms with E-state index in [0.717, 1.165) is 5.69 Å². The van der Waals surface area contributed by atoms with Gasteiger partial charge in [-0.3, -0.25) is 0 Å². The number of ether oxygens (including phenoxy) is 2. The van der Waals surface area contributed by atoms with Gasteiger partial charge in [0.05, 0.1) is 19.9 Å². The Balaban J connectivity index is 3.11. The van der Waals surface area contributed by atoms with Crippen LogP contribution in [0.4, 0.5) is 5.69 Å². The van der Waals surface area contributed by atoms with Gasteiger partial charge in [0.2, 0.25) is 0 Å². The molecule has 0 saturated heterocycles. The summed E-state index contributed by atoms with van der Waals surface area (Å²) in [4.78, 5) is 12.9. The Hall–Kier alpha value is -1.91. The lowest BCUT2D eigenvalue weighted by atomic mass is 10.1. The van der Waals surface area contributed by atoms with E-state index in [9.17, 15) is 4.79 Å². The van der Waals surface area contributed by atoms with Crippen molar-refractivity contribution in [2.75, 3.05) is 26.2 Å². The third kappa shape index (κ3) is 2.85. The molecule has 0 bridgehead atoms. The normalized spacial score (nSPS) is 11.8. The van der Waals surface area contributed by atoms with Gasteiger partial charge in [-0.2, -0.15) is 0 Å². The first-order valence-corrected chi connectivity index (χ1v) is 5.72. The van der Waals surface area contributed by atoms with Crippen molar-refractivity contribution in [1.82, 2.24) is 0 Å². The molecule has 5 heteroatoms. The fourth-order valence-electron chi connectivity index (χ4n) is 1.86. The van der Waals surface area contributed by atoms with Gasteiger partial charge in [0.25, 0.3) is 0 Å². The average Bonchev–Trinajstić information content (AvgIpc) is 2.38. The minimum absolute atomic E-state index is 0.515. The Morgan fingerprint density at radius 3 is 2.50 bits per heavy atom. The molecule has 0 spiro atoms. The summed E-state index contributed by atoms with van der Waals surface area (Å²) in [5, 5.41) is 9.16. The van der Waals surface area contributed by atoms with Crippen LogP contribution in [0.1, 0.15) is 13.3 Å². The number of likely N-dealkylation sites (N-methyl/N-ethyl adjacent to an activating group) is 1. The first kappa shape index (κ1) is 14.2. The zero-order valence-corrected chi connectivity index (χ0v) is 11.1. The SMILES string of the molecule is CCC(C(=O)O)N(C)c1ccc(OC)cc1OC. The summed E-state index contributed by atoms with van der Waals surface area (Å²) in [5.41, 5.74) is 0.729. The average molecular weight is 253 g/mol. The van der Waals surface area contributed by atoms with Gasteiger partial charge in [-0.1, -0.05) is 6.92 Å². The van der Waals surface area contributed by atoms with Crippen LogP contribution in [0, 0.1) is 0 Å². The molecule has 100 valence electrons. The van der Waals surface area contributed by atoms with Gasteiger partial charge in [0.15, 0.2) is 0 Å². The highest BCUT2D eigenvalue weighted by atomic mass is 16.5. The number of nitrogens with zero attached hydrogens (tertiary/aromatic N) is 1. The molecule has 5 nitrogen and oxygen atoms in total. The second-order valence-electron chi connectivity index (χ2n) is 3.91. The number of hydrogen-bond acceptors (Lipinski definition) is 4. The second kappa shape index (κ2) is 6.14. The number of aliphatic carboxylic acids is 1. The van der Waals surface area contributed by atoms with Gasteiger partial charge in [-0.15, -0.1) is 0 Å². The van der Waals surface area contributed by atoms with Crippen molar-refractivity contribution in [2.24, 2.45) is 0 Å². The third-order valence-electron chi connectivity index (χ3n) is 2.91. The van der Waals surface area contributed by atoms with E-state index in [-0.39, 0.29) is 0 Å². The molecular formula is C13H19NO4. The van der Waals surface area contributed by atoms with Gasteiger partial charge < -0.3 is 19.5 Å². The minimum atomic E-state index is -0.849. The predicted molar refractivity (Wildman–Crippen MR) is 69.7 cm³/mol. The van der Waals surface area contributed by atoms with Crippen molar-refractivity contribution in [3.8, 4) is 11.5 Å². The number of carbonyl (C=O) groups is 1. The van der Waals surface area contributed by atoms with E-state index in [4.69, 9.17) is 14.6 Å². The standard InChI is InChI=1S/C13H19NO4/c1-5-10(13(15)16)14(2)11-7-6-9(17-3)8-12(11)18-4/h6-8,10H,5H2,1-4H3,(H,15,16). The maximum absolute atomic E-state index is 11.2. The molecule has 0 aliphatic carbocycles. The van der Waals surface area contributed by atoms with Crippen LogP contribution >= 0.6 is 0 Å². The summed E-state index contributed by atoms with van der Waals surface area (Å²) >= 11 is 0. The van der Waals surface area contributed by atoms with Crippen LogP contribution in [-0.4, -0.2) is 38.4 Å². The molecule has 18 heavy (non-hydrogen) atoms. The smallest absolute Gasteiger partial charge is 0.326 e. The molecule has 1 aromatic carbocycles. The van der Waals surface area contributed by atoms with Gasteiger partial charge in [-0.05, 0) is 18.6 Å². The summed E-state index contributed by atoms with van der Waals surface area (Å²) in [6.45, 7) is 1.84. The molecule has 1 rings (SSSR count). The predicted octanol–water partition coefficient (Wildman–Crippen LogP) is 2.00. The molecule has 1 unspecified atom stereocenters. The highest BCUT2D eigenvalue weighted by Gasteiger charge is 2.23. The van der Waals surface area contributed by atoms with Crippen molar-refractivity contribution >= 4 is 11.7 Å². The summed E-state index contributed by atoms with van der Waals surface area (Å²) < 4.78 is 10.4. The maximum atomic E-state index is 11.2. The molecule has 0 aliphatic heterocycles. The number of carboxylic acid groups (broad SMARTS) is 1. The van der Waals surface area contributed by atoms with Gasteiger partial charge >= 0.3 is 5.97 Å². The van der Waals surface area contributed by atoms with Crippen LogP contribution in [0.2, 0.25) is 0 Å². The van der Waals surface area contributed by atoms with Gasteiger partial charge in [0, 0.05) is 13.1 Å². The summed E-state index contributed by atoms with van der Waals surface area (Å²) in [5.74, 6) is 0.418. The van der Waals surface area contributed by atoms with Crippen molar-refractivity contribution < 1.29 is 19.4 Å². The Morgan fingerprint density at radius 1 is 1.39 bits per heavy atom. The van der Waals surface area contributed by atoms with Gasteiger partial charge in [-0.25, -0.2) is 4.79 Å². The fourth-order valence-corrected chi connectivity index (χ4v) is 1.86. The lowest BCUT2D eigenvalue weighted by Crippen LogP contribution is -2.38. The topological polar surface area (TPSA) is 59.0 Å². The Morgan fingerprint density at radius 2 is 2.06 bits per heavy atom. The van der Waals surface area contributed by atoms with E-state index < -0.39 is 12.0 Å². The quantitative estimate of drug-likeness (QED) is 0.840. The molecular weight excluding hydrogens is 234 g/mol. The molecule has 0 aromatic heterocycles. The molecule has 0 aliphatic rings. The second-order valence-corrected chi connectivity index (χ2v) is 3.91. The molecule has 0 fully saturated rings. The molecule has 0 radical (unpaired) electrons. The van der Waals surface area contributed by atoms with Crippen LogP contribution in [0.3, 0.4) is 0 Å². The van der Waals surface area contributed by atoms with E-state index in [1.165, 1.54) is 0 Å². The van der Waals surface area contributed by atoms with Crippen LogP contribution in [0.25, 0.3) is 0 Å². The summed E-state index contributed by atoms with van der Waals surface area (Å²) in [6.07, 6.45) is 0.515. The zero-order valence-electron chi connectivity index (χ0n) is 11.1. The lowest BCUT2D eigenvalue weighted by molar-refractivity contribution is -0.138. The van der Waals surface area contributed by atoms with Crippen LogP contribution in [-0.2, 0) is 4.79 Å². The summed E-state index contributed by atoms with van der Waals surface area (Å²) in [6, 6.07) is 4.74. The highest BCUT2D eigenvalue weighted by Crippen LogP contribution is 2.32. The molecule has 0 amide bonds. The van der Waals surface area contributed by atoms with Crippen LogP contribution in [0.15, 0.2) is 18.2 Å². The van der Waals surface area contributed by atoms with Crippen molar-refractivity contribution in [3.05, 3.63) is 18.2 Å². The number of rotatable bonds is 6. The lowest BCUT2D eigenvalue weighted by Gasteiger charge is -2.27. The Labute approximate surface area is 107 Å². The zero-order chi connectivity index (χ0) is 13.7. The van der Waals surface area contributed by atoms with Crippen molar-refractivity contribution in [3.63, 3.8) is 0 Å². The van der Waals surface area contributed by atoms with Crippen LogP contribution in [0.5, 0.6) is 11.5 Å². The molecule has 1 N–H and O–H groups in total. The number of benzene rings is 1. The monoisotopic (exact) mass is 253 g/mol. The summed E-state index contributed by atoms with van der Waals surface area (Å²) in [7, 11) is 4.87. The molecule has 0 saturated carbocycles. The van der Waals surface area contributed by atoms with Crippen LogP contribution < -0.4 is 14.4 Å². The number of anilines is 1. The van der Waals surface area contributed by atoms with Gasteiger partial charge in [0.1, 0.15) is 17.5 Å². The van der Waals surface area contributed by atoms with E-state index >= 15 is 0 Å². The molecule has 1 aromatic rings. The molecule has 0 heterocycles. The third-order valence-corrected chi connectivity index (χ3v) is 2.91. The Bertz CT molecular complexity index is 419. The van der Waals surface area contributed by atoms with E-state index in [2.05, 4.69) is 0 Å². The minimum Gasteiger partial charge on any atom is -0.497 e. The first-order valence-electron chi connectivity index (χ1n) is 5.72. The number of methoxy groups -OCH3 is 2. The number of hydrogen-bond donors (Lipinski definition) is 1. The largest absolute Gasteiger partial charge is 0.497 e. The highest BCUT2D eigenvalue weighted by molar-refractivity contribution is 5.79. The number of carboxylic acids is 1. The molecule has 1 atom stereocenters. The van der Waals surface area contributed by atoms with E-state index in [0.29, 0.717) is 17.9 Å². The van der Waals surface area contributed by atoms with E-state index in [1.54, 1.807) is 44.4 Å². The Kier molecular flexibility index (Phi) is 4.83.